The van der Waals surface area contributed by atoms with Crippen LogP contribution in [0.25, 0.3) is 11.0 Å². The molecule has 1 aliphatic carbocycles. The maximum absolute atomic E-state index is 5.84. The number of nitrogens with one attached hydrogen (secondary N) is 1. The molecule has 0 radical (unpaired) electrons. The van der Waals surface area contributed by atoms with Crippen molar-refractivity contribution in [2.45, 2.75) is 19.3 Å². The lowest BCUT2D eigenvalue weighted by molar-refractivity contribution is 0.115. The second-order valence-corrected chi connectivity index (χ2v) is 6.41. The SMILES string of the molecule is CN=C(NCCc1cc2ccccc2o1)N(C)CCOCC1CC1.I. The molecule has 1 aromatic heterocycles. The molecule has 25 heavy (non-hydrogen) atoms. The van der Waals surface area contributed by atoms with Gasteiger partial charge in [0.1, 0.15) is 11.3 Å². The molecule has 138 valence electrons. The molecule has 1 heterocycles. The number of halogens is 1. The van der Waals surface area contributed by atoms with Crippen molar-refractivity contribution in [2.75, 3.05) is 40.4 Å². The molecule has 0 aliphatic heterocycles. The summed E-state index contributed by atoms with van der Waals surface area (Å²) in [6, 6.07) is 10.2. The maximum atomic E-state index is 5.84. The highest BCUT2D eigenvalue weighted by atomic mass is 127. The molecule has 0 atom stereocenters. The van der Waals surface area contributed by atoms with E-state index in [2.05, 4.69) is 27.3 Å². The summed E-state index contributed by atoms with van der Waals surface area (Å²) in [5.41, 5.74) is 0.946. The summed E-state index contributed by atoms with van der Waals surface area (Å²) in [7, 11) is 3.85. The van der Waals surface area contributed by atoms with E-state index < -0.39 is 0 Å². The van der Waals surface area contributed by atoms with Crippen LogP contribution >= 0.6 is 24.0 Å². The molecular formula is C19H28IN3O2. The third-order valence-electron chi connectivity index (χ3n) is 4.33. The average Bonchev–Trinajstić information content (AvgIpc) is 3.32. The van der Waals surface area contributed by atoms with Crippen LogP contribution in [-0.2, 0) is 11.2 Å². The summed E-state index contributed by atoms with van der Waals surface area (Å²) in [5.74, 6) is 2.70. The molecule has 6 heteroatoms. The highest BCUT2D eigenvalue weighted by Gasteiger charge is 2.21. The van der Waals surface area contributed by atoms with Crippen molar-refractivity contribution in [3.05, 3.63) is 36.1 Å². The largest absolute Gasteiger partial charge is 0.461 e. The van der Waals surface area contributed by atoms with E-state index in [1.807, 2.05) is 32.3 Å². The summed E-state index contributed by atoms with van der Waals surface area (Å²) in [5, 5.41) is 4.54. The van der Waals surface area contributed by atoms with Crippen molar-refractivity contribution in [1.82, 2.24) is 10.2 Å². The van der Waals surface area contributed by atoms with Gasteiger partial charge >= 0.3 is 0 Å². The van der Waals surface area contributed by atoms with E-state index >= 15 is 0 Å². The van der Waals surface area contributed by atoms with Gasteiger partial charge in [-0.25, -0.2) is 0 Å². The maximum Gasteiger partial charge on any atom is 0.193 e. The smallest absolute Gasteiger partial charge is 0.193 e. The van der Waals surface area contributed by atoms with Crippen molar-refractivity contribution < 1.29 is 9.15 Å². The van der Waals surface area contributed by atoms with Crippen LogP contribution in [0.5, 0.6) is 0 Å². The van der Waals surface area contributed by atoms with Crippen LogP contribution < -0.4 is 5.32 Å². The molecule has 3 rings (SSSR count). The van der Waals surface area contributed by atoms with Crippen molar-refractivity contribution >= 4 is 40.9 Å². The van der Waals surface area contributed by atoms with Crippen LogP contribution in [0.1, 0.15) is 18.6 Å². The van der Waals surface area contributed by atoms with E-state index in [-0.39, 0.29) is 24.0 Å². The molecule has 0 saturated heterocycles. The number of likely N-dealkylation sites (N-methyl/N-ethyl adjacent to an activating group) is 1. The Kier molecular flexibility index (Phi) is 8.02. The number of rotatable bonds is 8. The second-order valence-electron chi connectivity index (χ2n) is 6.41. The standard InChI is InChI=1S/C19H27N3O2.HI/c1-20-19(22(2)11-12-23-14-15-7-8-15)21-10-9-17-13-16-5-3-4-6-18(16)24-17;/h3-6,13,15H,7-12,14H2,1-2H3,(H,20,21);1H. The zero-order valence-corrected chi connectivity index (χ0v) is 17.4. The third kappa shape index (κ3) is 6.18. The summed E-state index contributed by atoms with van der Waals surface area (Å²) in [4.78, 5) is 6.44. The number of ether oxygens (including phenoxy) is 1. The average molecular weight is 457 g/mol. The normalized spacial score (nSPS) is 14.4. The van der Waals surface area contributed by atoms with Crippen LogP contribution in [0, 0.1) is 5.92 Å². The Morgan fingerprint density at radius 3 is 2.88 bits per heavy atom. The van der Waals surface area contributed by atoms with Gasteiger partial charge in [0.15, 0.2) is 5.96 Å². The van der Waals surface area contributed by atoms with Crippen LogP contribution in [0.2, 0.25) is 0 Å². The molecular weight excluding hydrogens is 429 g/mol. The Hall–Kier alpha value is -1.28. The van der Waals surface area contributed by atoms with Gasteiger partial charge in [-0.3, -0.25) is 4.99 Å². The number of para-hydroxylation sites is 1. The Morgan fingerprint density at radius 1 is 1.36 bits per heavy atom. The van der Waals surface area contributed by atoms with Crippen molar-refractivity contribution in [1.29, 1.82) is 0 Å². The van der Waals surface area contributed by atoms with E-state index in [4.69, 9.17) is 9.15 Å². The predicted molar refractivity (Wildman–Crippen MR) is 113 cm³/mol. The number of nitrogens with zero attached hydrogens (tertiary/aromatic N) is 2. The first-order valence-electron chi connectivity index (χ1n) is 8.73. The minimum Gasteiger partial charge on any atom is -0.461 e. The minimum absolute atomic E-state index is 0. The van der Waals surface area contributed by atoms with Gasteiger partial charge in [-0.1, -0.05) is 18.2 Å². The Labute approximate surface area is 166 Å². The van der Waals surface area contributed by atoms with Crippen LogP contribution in [0.3, 0.4) is 0 Å². The van der Waals surface area contributed by atoms with Gasteiger partial charge in [0.2, 0.25) is 0 Å². The minimum atomic E-state index is 0. The van der Waals surface area contributed by atoms with Crippen LogP contribution in [-0.4, -0.2) is 51.3 Å². The first-order chi connectivity index (χ1) is 11.8. The van der Waals surface area contributed by atoms with Gasteiger partial charge in [0, 0.05) is 45.6 Å². The Bertz CT molecular complexity index is 649. The van der Waals surface area contributed by atoms with Gasteiger partial charge in [-0.2, -0.15) is 0 Å². The predicted octanol–water partition coefficient (Wildman–Crippen LogP) is 3.53. The molecule has 1 aliphatic rings. The first kappa shape index (κ1) is 20.0. The van der Waals surface area contributed by atoms with Gasteiger partial charge < -0.3 is 19.4 Å². The van der Waals surface area contributed by atoms with Crippen LogP contribution in [0.4, 0.5) is 0 Å². The molecule has 0 bridgehead atoms. The number of fused-ring (bicyclic) bond motifs is 1. The molecule has 2 aromatic rings. The molecule has 1 saturated carbocycles. The zero-order chi connectivity index (χ0) is 16.8. The number of guanidine groups is 1. The molecule has 0 amide bonds. The van der Waals surface area contributed by atoms with Crippen LogP contribution in [0.15, 0.2) is 39.7 Å². The van der Waals surface area contributed by atoms with E-state index in [0.717, 1.165) is 61.3 Å². The second kappa shape index (κ2) is 10.0. The number of benzene rings is 1. The van der Waals surface area contributed by atoms with Crippen molar-refractivity contribution in [2.24, 2.45) is 10.9 Å². The molecule has 1 fully saturated rings. The molecule has 5 nitrogen and oxygen atoms in total. The monoisotopic (exact) mass is 457 g/mol. The molecule has 1 aromatic carbocycles. The fraction of sp³-hybridized carbons (Fsp3) is 0.526. The fourth-order valence-corrected chi connectivity index (χ4v) is 2.68. The van der Waals surface area contributed by atoms with Gasteiger partial charge in [-0.05, 0) is 30.9 Å². The third-order valence-corrected chi connectivity index (χ3v) is 4.33. The molecule has 0 unspecified atom stereocenters. The molecule has 1 N–H and O–H groups in total. The lowest BCUT2D eigenvalue weighted by atomic mass is 10.2. The van der Waals surface area contributed by atoms with Crippen molar-refractivity contribution in [3.63, 3.8) is 0 Å². The number of aliphatic imine (C=N–C) groups is 1. The van der Waals surface area contributed by atoms with Gasteiger partial charge in [-0.15, -0.1) is 24.0 Å². The number of furan rings is 1. The van der Waals surface area contributed by atoms with Gasteiger partial charge in [0.25, 0.3) is 0 Å². The highest BCUT2D eigenvalue weighted by molar-refractivity contribution is 14.0. The lowest BCUT2D eigenvalue weighted by Crippen LogP contribution is -2.41. The quantitative estimate of drug-likeness (QED) is 0.285. The number of hydrogen-bond donors (Lipinski definition) is 1. The Balaban J connectivity index is 0.00000225. The zero-order valence-electron chi connectivity index (χ0n) is 15.0. The topological polar surface area (TPSA) is 50.0 Å². The summed E-state index contributed by atoms with van der Waals surface area (Å²) >= 11 is 0. The van der Waals surface area contributed by atoms with E-state index in [9.17, 15) is 0 Å². The fourth-order valence-electron chi connectivity index (χ4n) is 2.68. The number of hydrogen-bond acceptors (Lipinski definition) is 3. The summed E-state index contributed by atoms with van der Waals surface area (Å²) in [6.45, 7) is 3.29. The highest BCUT2D eigenvalue weighted by Crippen LogP contribution is 2.28. The van der Waals surface area contributed by atoms with Crippen molar-refractivity contribution in [3.8, 4) is 0 Å². The lowest BCUT2D eigenvalue weighted by Gasteiger charge is -2.21. The summed E-state index contributed by atoms with van der Waals surface area (Å²) < 4.78 is 11.5. The van der Waals surface area contributed by atoms with E-state index in [1.54, 1.807) is 0 Å². The molecule has 0 spiro atoms. The van der Waals surface area contributed by atoms with E-state index in [1.165, 1.54) is 12.8 Å². The van der Waals surface area contributed by atoms with Gasteiger partial charge in [0.05, 0.1) is 6.61 Å². The van der Waals surface area contributed by atoms with E-state index in [0.29, 0.717) is 0 Å². The Morgan fingerprint density at radius 2 is 2.16 bits per heavy atom. The summed E-state index contributed by atoms with van der Waals surface area (Å²) in [6.07, 6.45) is 3.50. The first-order valence-corrected chi connectivity index (χ1v) is 8.73.